The van der Waals surface area contributed by atoms with E-state index in [-0.39, 0.29) is 18.1 Å². The summed E-state index contributed by atoms with van der Waals surface area (Å²) < 4.78 is 5.90. The molecular formula is C23H30ClN3O2. The number of ether oxygens (including phenoxy) is 1. The molecule has 0 radical (unpaired) electrons. The number of rotatable bonds is 4. The summed E-state index contributed by atoms with van der Waals surface area (Å²) in [7, 11) is 0. The maximum absolute atomic E-state index is 13.2. The third-order valence-electron chi connectivity index (χ3n) is 6.37. The SMILES string of the molecule is NCC1CCN(C2C=C(Cl)C(C(=O)N3CCOC(c4ccccc4)C3)=CC2)CC1. The Morgan fingerprint density at radius 1 is 1.17 bits per heavy atom. The largest absolute Gasteiger partial charge is 0.370 e. The van der Waals surface area contributed by atoms with Crippen molar-refractivity contribution in [2.45, 2.75) is 31.4 Å². The quantitative estimate of drug-likeness (QED) is 0.821. The van der Waals surface area contributed by atoms with Gasteiger partial charge in [0.05, 0.1) is 23.8 Å². The van der Waals surface area contributed by atoms with E-state index in [0.29, 0.717) is 36.2 Å². The first-order chi connectivity index (χ1) is 14.2. The van der Waals surface area contributed by atoms with Gasteiger partial charge >= 0.3 is 0 Å². The monoisotopic (exact) mass is 415 g/mol. The Balaban J connectivity index is 1.38. The van der Waals surface area contributed by atoms with Gasteiger partial charge in [0.2, 0.25) is 0 Å². The van der Waals surface area contributed by atoms with Crippen LogP contribution in [-0.2, 0) is 9.53 Å². The lowest BCUT2D eigenvalue weighted by atomic mass is 9.93. The number of nitrogens with two attached hydrogens (primary N) is 1. The van der Waals surface area contributed by atoms with Crippen LogP contribution in [-0.4, -0.2) is 61.1 Å². The van der Waals surface area contributed by atoms with Crippen LogP contribution in [0.25, 0.3) is 0 Å². The molecule has 29 heavy (non-hydrogen) atoms. The van der Waals surface area contributed by atoms with E-state index in [0.717, 1.165) is 44.5 Å². The molecule has 5 nitrogen and oxygen atoms in total. The molecule has 2 fully saturated rings. The van der Waals surface area contributed by atoms with E-state index in [4.69, 9.17) is 22.1 Å². The lowest BCUT2D eigenvalue weighted by Gasteiger charge is -2.38. The first-order valence-corrected chi connectivity index (χ1v) is 11.0. The van der Waals surface area contributed by atoms with Crippen LogP contribution in [0.15, 0.2) is 53.1 Å². The Hall–Kier alpha value is -1.66. The molecule has 2 N–H and O–H groups in total. The first-order valence-electron chi connectivity index (χ1n) is 10.6. The summed E-state index contributed by atoms with van der Waals surface area (Å²) in [6.07, 6.45) is 7.11. The highest BCUT2D eigenvalue weighted by atomic mass is 35.5. The molecule has 2 unspecified atom stereocenters. The molecule has 1 aromatic rings. The molecule has 0 spiro atoms. The van der Waals surface area contributed by atoms with Crippen molar-refractivity contribution >= 4 is 17.5 Å². The number of halogens is 1. The maximum Gasteiger partial charge on any atom is 0.255 e. The van der Waals surface area contributed by atoms with E-state index < -0.39 is 0 Å². The molecule has 1 aliphatic carbocycles. The van der Waals surface area contributed by atoms with Gasteiger partial charge < -0.3 is 15.4 Å². The minimum atomic E-state index is -0.0857. The van der Waals surface area contributed by atoms with Gasteiger partial charge in [-0.1, -0.05) is 48.0 Å². The number of likely N-dealkylation sites (tertiary alicyclic amines) is 1. The Bertz CT molecular complexity index is 772. The van der Waals surface area contributed by atoms with Crippen LogP contribution in [0.5, 0.6) is 0 Å². The van der Waals surface area contributed by atoms with E-state index >= 15 is 0 Å². The van der Waals surface area contributed by atoms with Crippen molar-refractivity contribution < 1.29 is 9.53 Å². The van der Waals surface area contributed by atoms with E-state index in [1.807, 2.05) is 41.3 Å². The van der Waals surface area contributed by atoms with Crippen LogP contribution in [0.3, 0.4) is 0 Å². The van der Waals surface area contributed by atoms with Gasteiger partial charge in [-0.3, -0.25) is 9.69 Å². The first kappa shape index (κ1) is 20.6. The molecule has 2 aliphatic heterocycles. The van der Waals surface area contributed by atoms with E-state index in [9.17, 15) is 4.79 Å². The average Bonchev–Trinajstić information content (AvgIpc) is 2.79. The average molecular weight is 416 g/mol. The molecule has 4 rings (SSSR count). The molecule has 0 bridgehead atoms. The molecule has 0 saturated carbocycles. The van der Waals surface area contributed by atoms with Gasteiger partial charge in [0.1, 0.15) is 6.10 Å². The summed E-state index contributed by atoms with van der Waals surface area (Å²) in [5.41, 5.74) is 7.54. The van der Waals surface area contributed by atoms with Crippen molar-refractivity contribution in [3.05, 3.63) is 58.7 Å². The molecule has 6 heteroatoms. The molecule has 2 heterocycles. The molecule has 1 aromatic carbocycles. The molecule has 1 amide bonds. The second-order valence-corrected chi connectivity index (χ2v) is 8.58. The van der Waals surface area contributed by atoms with Crippen LogP contribution in [0, 0.1) is 5.92 Å². The number of nitrogens with zero attached hydrogens (tertiary/aromatic N) is 2. The smallest absolute Gasteiger partial charge is 0.255 e. The highest BCUT2D eigenvalue weighted by Gasteiger charge is 2.31. The zero-order valence-corrected chi connectivity index (χ0v) is 17.6. The molecule has 2 atom stereocenters. The number of carbonyl (C=O) groups is 1. The van der Waals surface area contributed by atoms with E-state index in [1.54, 1.807) is 0 Å². The second-order valence-electron chi connectivity index (χ2n) is 8.17. The summed E-state index contributed by atoms with van der Waals surface area (Å²) >= 11 is 6.59. The number of morpholine rings is 1. The predicted octanol–water partition coefficient (Wildman–Crippen LogP) is 3.08. The number of carbonyl (C=O) groups excluding carboxylic acids is 1. The minimum Gasteiger partial charge on any atom is -0.370 e. The van der Waals surface area contributed by atoms with Gasteiger partial charge in [0, 0.05) is 12.6 Å². The minimum absolute atomic E-state index is 0.00997. The fourth-order valence-corrected chi connectivity index (χ4v) is 4.80. The number of benzene rings is 1. The number of hydrogen-bond donors (Lipinski definition) is 1. The van der Waals surface area contributed by atoms with Crippen LogP contribution < -0.4 is 5.73 Å². The standard InChI is InChI=1S/C23H30ClN3O2/c24-21-14-19(26-10-8-17(15-25)9-11-26)6-7-20(21)23(28)27-12-13-29-22(16-27)18-4-2-1-3-5-18/h1-5,7,14,17,19,22H,6,8-13,15-16,25H2. The van der Waals surface area contributed by atoms with Crippen molar-refractivity contribution in [2.24, 2.45) is 11.7 Å². The van der Waals surface area contributed by atoms with Gasteiger partial charge in [-0.05, 0) is 56.5 Å². The van der Waals surface area contributed by atoms with Crippen molar-refractivity contribution in [1.82, 2.24) is 9.80 Å². The predicted molar refractivity (Wildman–Crippen MR) is 115 cm³/mol. The Labute approximate surface area is 178 Å². The summed E-state index contributed by atoms with van der Waals surface area (Å²) in [5, 5.41) is 0.579. The highest BCUT2D eigenvalue weighted by molar-refractivity contribution is 6.35. The lowest BCUT2D eigenvalue weighted by Crippen LogP contribution is -2.44. The number of amides is 1. The normalized spacial score (nSPS) is 26.8. The zero-order chi connectivity index (χ0) is 20.2. The van der Waals surface area contributed by atoms with Crippen molar-refractivity contribution in [3.8, 4) is 0 Å². The molecule has 3 aliphatic rings. The van der Waals surface area contributed by atoms with E-state index in [1.165, 1.54) is 0 Å². The summed E-state index contributed by atoms with van der Waals surface area (Å²) in [6.45, 7) is 4.56. The lowest BCUT2D eigenvalue weighted by molar-refractivity contribution is -0.134. The van der Waals surface area contributed by atoms with Crippen LogP contribution in [0.1, 0.15) is 30.9 Å². The fourth-order valence-electron chi connectivity index (χ4n) is 4.50. The fraction of sp³-hybridized carbons (Fsp3) is 0.522. The topological polar surface area (TPSA) is 58.8 Å². The van der Waals surface area contributed by atoms with Gasteiger partial charge in [-0.25, -0.2) is 0 Å². The number of hydrogen-bond acceptors (Lipinski definition) is 4. The van der Waals surface area contributed by atoms with Gasteiger partial charge in [-0.2, -0.15) is 0 Å². The second kappa shape index (κ2) is 9.43. The maximum atomic E-state index is 13.2. The van der Waals surface area contributed by atoms with Gasteiger partial charge in [-0.15, -0.1) is 0 Å². The molecular weight excluding hydrogens is 386 g/mol. The Kier molecular flexibility index (Phi) is 6.70. The summed E-state index contributed by atoms with van der Waals surface area (Å²) in [4.78, 5) is 17.5. The Morgan fingerprint density at radius 2 is 1.93 bits per heavy atom. The highest BCUT2D eigenvalue weighted by Crippen LogP contribution is 2.30. The summed E-state index contributed by atoms with van der Waals surface area (Å²) in [6, 6.07) is 10.4. The third kappa shape index (κ3) is 4.75. The van der Waals surface area contributed by atoms with E-state index in [2.05, 4.69) is 11.0 Å². The summed E-state index contributed by atoms with van der Waals surface area (Å²) in [5.74, 6) is 0.650. The van der Waals surface area contributed by atoms with Crippen molar-refractivity contribution in [3.63, 3.8) is 0 Å². The Morgan fingerprint density at radius 3 is 2.62 bits per heavy atom. The van der Waals surface area contributed by atoms with Gasteiger partial charge in [0.25, 0.3) is 5.91 Å². The van der Waals surface area contributed by atoms with Crippen LogP contribution in [0.2, 0.25) is 0 Å². The molecule has 0 aromatic heterocycles. The van der Waals surface area contributed by atoms with Crippen LogP contribution in [0.4, 0.5) is 0 Å². The molecule has 2 saturated heterocycles. The molecule has 156 valence electrons. The van der Waals surface area contributed by atoms with Crippen LogP contribution >= 0.6 is 11.6 Å². The van der Waals surface area contributed by atoms with Gasteiger partial charge in [0.15, 0.2) is 0 Å². The zero-order valence-electron chi connectivity index (χ0n) is 16.8. The van der Waals surface area contributed by atoms with Crippen molar-refractivity contribution in [1.29, 1.82) is 0 Å². The van der Waals surface area contributed by atoms with Crippen molar-refractivity contribution in [2.75, 3.05) is 39.3 Å². The third-order valence-corrected chi connectivity index (χ3v) is 6.70. The number of piperidine rings is 1.